The van der Waals surface area contributed by atoms with Crippen molar-refractivity contribution in [3.05, 3.63) is 11.8 Å². The van der Waals surface area contributed by atoms with Gasteiger partial charge in [0.05, 0.1) is 13.0 Å². The summed E-state index contributed by atoms with van der Waals surface area (Å²) in [5, 5.41) is 5.28. The van der Waals surface area contributed by atoms with Crippen molar-refractivity contribution in [3.63, 3.8) is 0 Å². The lowest BCUT2D eigenvalue weighted by atomic mass is 10.3. The van der Waals surface area contributed by atoms with Gasteiger partial charge < -0.3 is 15.4 Å². The third kappa shape index (κ3) is 5.84. The Kier molecular flexibility index (Phi) is 6.19. The van der Waals surface area contributed by atoms with Gasteiger partial charge in [-0.15, -0.1) is 0 Å². The van der Waals surface area contributed by atoms with E-state index < -0.39 is 17.8 Å². The molecule has 0 aliphatic carbocycles. The minimum Gasteiger partial charge on any atom is -0.466 e. The average molecular weight is 306 g/mol. The van der Waals surface area contributed by atoms with E-state index in [2.05, 4.69) is 20.6 Å². The Morgan fingerprint density at radius 1 is 1.29 bits per heavy atom. The predicted molar refractivity (Wildman–Crippen MR) is 70.9 cm³/mol. The van der Waals surface area contributed by atoms with Crippen molar-refractivity contribution in [2.75, 3.05) is 30.3 Å². The van der Waals surface area contributed by atoms with E-state index in [9.17, 15) is 18.0 Å². The molecule has 2 N–H and O–H groups in total. The first-order valence-corrected chi connectivity index (χ1v) is 6.46. The van der Waals surface area contributed by atoms with Crippen molar-refractivity contribution in [2.24, 2.45) is 0 Å². The molecule has 0 unspecified atom stereocenters. The van der Waals surface area contributed by atoms with E-state index in [1.54, 1.807) is 13.8 Å². The second-order valence-corrected chi connectivity index (χ2v) is 3.97. The summed E-state index contributed by atoms with van der Waals surface area (Å²) in [6.45, 7) is 4.17. The number of carbonyl (C=O) groups is 1. The Labute approximate surface area is 120 Å². The van der Waals surface area contributed by atoms with Crippen LogP contribution in [0.4, 0.5) is 24.9 Å². The van der Waals surface area contributed by atoms with Crippen molar-refractivity contribution in [1.82, 2.24) is 9.97 Å². The van der Waals surface area contributed by atoms with Crippen LogP contribution in [0.1, 0.15) is 26.0 Å². The van der Waals surface area contributed by atoms with Crippen molar-refractivity contribution >= 4 is 17.7 Å². The summed E-state index contributed by atoms with van der Waals surface area (Å²) in [4.78, 5) is 18.4. The van der Waals surface area contributed by atoms with Crippen LogP contribution in [0.25, 0.3) is 0 Å². The fourth-order valence-corrected chi connectivity index (χ4v) is 1.45. The molecule has 118 valence electrons. The molecular formula is C12H17F3N4O2. The van der Waals surface area contributed by atoms with Crippen LogP contribution in [0.3, 0.4) is 0 Å². The average Bonchev–Trinajstić information content (AvgIpc) is 2.38. The molecule has 0 aliphatic rings. The summed E-state index contributed by atoms with van der Waals surface area (Å²) < 4.78 is 42.9. The summed E-state index contributed by atoms with van der Waals surface area (Å²) in [6.07, 6.45) is -4.53. The quantitative estimate of drug-likeness (QED) is 0.753. The zero-order chi connectivity index (χ0) is 15.9. The van der Waals surface area contributed by atoms with Crippen LogP contribution in [0.2, 0.25) is 0 Å². The summed E-state index contributed by atoms with van der Waals surface area (Å²) >= 11 is 0. The molecule has 1 aromatic rings. The highest BCUT2D eigenvalue weighted by molar-refractivity contribution is 5.70. The van der Waals surface area contributed by atoms with Gasteiger partial charge in [-0.2, -0.15) is 18.2 Å². The molecule has 9 heteroatoms. The van der Waals surface area contributed by atoms with Crippen LogP contribution in [0.15, 0.2) is 6.07 Å². The number of halogens is 3. The lowest BCUT2D eigenvalue weighted by molar-refractivity contribution is -0.143. The monoisotopic (exact) mass is 306 g/mol. The van der Waals surface area contributed by atoms with Crippen molar-refractivity contribution < 1.29 is 22.7 Å². The Hall–Kier alpha value is -2.06. The first-order chi connectivity index (χ1) is 9.86. The minimum atomic E-state index is -4.56. The smallest absolute Gasteiger partial charge is 0.433 e. The summed E-state index contributed by atoms with van der Waals surface area (Å²) in [6, 6.07) is 0.798. The van der Waals surface area contributed by atoms with Gasteiger partial charge in [0, 0.05) is 19.2 Å². The molecular weight excluding hydrogens is 289 g/mol. The maximum Gasteiger partial charge on any atom is 0.433 e. The molecule has 0 fully saturated rings. The molecule has 0 saturated heterocycles. The van der Waals surface area contributed by atoms with Crippen LogP contribution in [-0.4, -0.2) is 35.6 Å². The van der Waals surface area contributed by atoms with E-state index >= 15 is 0 Å². The van der Waals surface area contributed by atoms with E-state index in [-0.39, 0.29) is 31.3 Å². The molecule has 0 amide bonds. The fraction of sp³-hybridized carbons (Fsp3) is 0.583. The molecule has 0 radical (unpaired) electrons. The van der Waals surface area contributed by atoms with Gasteiger partial charge in [-0.25, -0.2) is 4.98 Å². The SMILES string of the molecule is CCNc1nc(NCCC(=O)OCC)cc(C(F)(F)F)n1. The first-order valence-electron chi connectivity index (χ1n) is 6.46. The summed E-state index contributed by atoms with van der Waals surface area (Å²) in [7, 11) is 0. The van der Waals surface area contributed by atoms with E-state index in [1.807, 2.05) is 0 Å². The summed E-state index contributed by atoms with van der Waals surface area (Å²) in [5.41, 5.74) is -1.05. The highest BCUT2D eigenvalue weighted by Gasteiger charge is 2.33. The van der Waals surface area contributed by atoms with Gasteiger partial charge in [0.2, 0.25) is 5.95 Å². The second kappa shape index (κ2) is 7.65. The molecule has 0 spiro atoms. The highest BCUT2D eigenvalue weighted by atomic mass is 19.4. The molecule has 0 bridgehead atoms. The highest BCUT2D eigenvalue weighted by Crippen LogP contribution is 2.29. The lowest BCUT2D eigenvalue weighted by Gasteiger charge is -2.12. The number of anilines is 2. The van der Waals surface area contributed by atoms with Gasteiger partial charge in [0.15, 0.2) is 5.69 Å². The Morgan fingerprint density at radius 2 is 2.00 bits per heavy atom. The largest absolute Gasteiger partial charge is 0.466 e. The van der Waals surface area contributed by atoms with Crippen molar-refractivity contribution in [1.29, 1.82) is 0 Å². The number of nitrogens with one attached hydrogen (secondary N) is 2. The van der Waals surface area contributed by atoms with E-state index in [4.69, 9.17) is 4.74 Å². The number of esters is 1. The normalized spacial score (nSPS) is 11.1. The number of hydrogen-bond acceptors (Lipinski definition) is 6. The number of aromatic nitrogens is 2. The van der Waals surface area contributed by atoms with E-state index in [0.29, 0.717) is 6.54 Å². The van der Waals surface area contributed by atoms with Crippen LogP contribution < -0.4 is 10.6 Å². The van der Waals surface area contributed by atoms with Crippen LogP contribution >= 0.6 is 0 Å². The predicted octanol–water partition coefficient (Wildman–Crippen LogP) is 2.29. The third-order valence-corrected chi connectivity index (χ3v) is 2.29. The van der Waals surface area contributed by atoms with Gasteiger partial charge in [0.1, 0.15) is 5.82 Å². The topological polar surface area (TPSA) is 76.1 Å². The van der Waals surface area contributed by atoms with E-state index in [0.717, 1.165) is 6.07 Å². The van der Waals surface area contributed by atoms with Crippen LogP contribution in [0, 0.1) is 0 Å². The van der Waals surface area contributed by atoms with Gasteiger partial charge in [-0.1, -0.05) is 0 Å². The molecule has 0 aliphatic heterocycles. The van der Waals surface area contributed by atoms with Gasteiger partial charge >= 0.3 is 12.1 Å². The minimum absolute atomic E-state index is 0.00225. The lowest BCUT2D eigenvalue weighted by Crippen LogP contribution is -2.16. The zero-order valence-electron chi connectivity index (χ0n) is 11.8. The number of hydrogen-bond donors (Lipinski definition) is 2. The standard InChI is InChI=1S/C12H17F3N4O2/c1-3-16-11-18-8(12(13,14)15)7-9(19-11)17-6-5-10(20)21-4-2/h7H,3-6H2,1-2H3,(H2,16,17,18,19). The number of nitrogens with zero attached hydrogens (tertiary/aromatic N) is 2. The van der Waals surface area contributed by atoms with Gasteiger partial charge in [0.25, 0.3) is 0 Å². The maximum absolute atomic E-state index is 12.7. The molecule has 1 heterocycles. The molecule has 6 nitrogen and oxygen atoms in total. The Morgan fingerprint density at radius 3 is 2.57 bits per heavy atom. The molecule has 0 aromatic carbocycles. The number of carbonyl (C=O) groups excluding carboxylic acids is 1. The fourth-order valence-electron chi connectivity index (χ4n) is 1.45. The maximum atomic E-state index is 12.7. The first kappa shape index (κ1) is 17.0. The Bertz CT molecular complexity index is 480. The Balaban J connectivity index is 2.76. The molecule has 0 atom stereocenters. The summed E-state index contributed by atoms with van der Waals surface area (Å²) in [5.74, 6) is -0.550. The van der Waals surface area contributed by atoms with Crippen LogP contribution in [-0.2, 0) is 15.7 Å². The van der Waals surface area contributed by atoms with Crippen molar-refractivity contribution in [2.45, 2.75) is 26.4 Å². The van der Waals surface area contributed by atoms with Gasteiger partial charge in [-0.05, 0) is 13.8 Å². The second-order valence-electron chi connectivity index (χ2n) is 3.97. The molecule has 0 saturated carbocycles. The number of alkyl halides is 3. The number of ether oxygens (including phenoxy) is 1. The van der Waals surface area contributed by atoms with Crippen molar-refractivity contribution in [3.8, 4) is 0 Å². The molecule has 1 aromatic heterocycles. The zero-order valence-corrected chi connectivity index (χ0v) is 11.8. The molecule has 1 rings (SSSR count). The van der Waals surface area contributed by atoms with E-state index in [1.165, 1.54) is 0 Å². The number of rotatable bonds is 7. The third-order valence-electron chi connectivity index (χ3n) is 2.29. The van der Waals surface area contributed by atoms with Gasteiger partial charge in [-0.3, -0.25) is 4.79 Å². The van der Waals surface area contributed by atoms with Crippen LogP contribution in [0.5, 0.6) is 0 Å². The molecule has 21 heavy (non-hydrogen) atoms.